The Morgan fingerprint density at radius 1 is 1.27 bits per heavy atom. The molecular formula is C7H12O4. The third-order valence-corrected chi connectivity index (χ3v) is 2.47. The van der Waals surface area contributed by atoms with Crippen LogP contribution in [0, 0.1) is 5.92 Å². The zero-order chi connectivity index (χ0) is 8.01. The van der Waals surface area contributed by atoms with E-state index in [2.05, 4.69) is 0 Å². The van der Waals surface area contributed by atoms with Gasteiger partial charge >= 0.3 is 0 Å². The van der Waals surface area contributed by atoms with Crippen LogP contribution < -0.4 is 0 Å². The number of aliphatic hydroxyl groups excluding tert-OH is 2. The number of rotatable bonds is 0. The Hall–Kier alpha value is -0.160. The van der Waals surface area contributed by atoms with E-state index in [-0.39, 0.29) is 12.0 Å². The summed E-state index contributed by atoms with van der Waals surface area (Å²) in [6.07, 6.45) is -2.04. The lowest BCUT2D eigenvalue weighted by Gasteiger charge is -2.33. The summed E-state index contributed by atoms with van der Waals surface area (Å²) >= 11 is 0. The molecule has 0 aromatic rings. The molecular weight excluding hydrogens is 148 g/mol. The molecule has 64 valence electrons. The summed E-state index contributed by atoms with van der Waals surface area (Å²) in [5, 5.41) is 18.9. The zero-order valence-corrected chi connectivity index (χ0v) is 6.30. The third-order valence-electron chi connectivity index (χ3n) is 2.47. The molecule has 2 bridgehead atoms. The van der Waals surface area contributed by atoms with E-state index in [4.69, 9.17) is 9.47 Å². The van der Waals surface area contributed by atoms with Gasteiger partial charge in [-0.1, -0.05) is 6.92 Å². The molecule has 2 saturated heterocycles. The quantitative estimate of drug-likeness (QED) is 0.482. The second kappa shape index (κ2) is 2.42. The van der Waals surface area contributed by atoms with Gasteiger partial charge in [-0.2, -0.15) is 0 Å². The maximum Gasteiger partial charge on any atom is 0.184 e. The van der Waals surface area contributed by atoms with E-state index in [0.717, 1.165) is 0 Å². The largest absolute Gasteiger partial charge is 0.390 e. The predicted molar refractivity (Wildman–Crippen MR) is 35.8 cm³/mol. The summed E-state index contributed by atoms with van der Waals surface area (Å²) in [5.41, 5.74) is 0. The van der Waals surface area contributed by atoms with E-state index in [1.807, 2.05) is 0 Å². The van der Waals surface area contributed by atoms with Crippen molar-refractivity contribution in [3.8, 4) is 0 Å². The Bertz CT molecular complexity index is 141. The van der Waals surface area contributed by atoms with E-state index < -0.39 is 18.5 Å². The van der Waals surface area contributed by atoms with Gasteiger partial charge in [0, 0.05) is 5.92 Å². The van der Waals surface area contributed by atoms with Gasteiger partial charge in [-0.3, -0.25) is 0 Å². The molecule has 11 heavy (non-hydrogen) atoms. The smallest absolute Gasteiger partial charge is 0.184 e. The summed E-state index contributed by atoms with van der Waals surface area (Å²) < 4.78 is 10.3. The van der Waals surface area contributed by atoms with E-state index in [9.17, 15) is 10.2 Å². The molecule has 2 fully saturated rings. The average molecular weight is 160 g/mol. The second-order valence-electron chi connectivity index (χ2n) is 3.22. The first kappa shape index (κ1) is 7.49. The highest BCUT2D eigenvalue weighted by Crippen LogP contribution is 2.31. The minimum Gasteiger partial charge on any atom is -0.390 e. The van der Waals surface area contributed by atoms with Crippen LogP contribution in [0.1, 0.15) is 6.92 Å². The molecule has 2 aliphatic heterocycles. The average Bonchev–Trinajstić information content (AvgIpc) is 2.44. The third kappa shape index (κ3) is 0.980. The summed E-state index contributed by atoms with van der Waals surface area (Å²) in [7, 11) is 0. The molecule has 0 saturated carbocycles. The fraction of sp³-hybridized carbons (Fsp3) is 1.00. The number of ether oxygens (including phenoxy) is 2. The van der Waals surface area contributed by atoms with Gasteiger partial charge in [0.15, 0.2) is 6.29 Å². The first-order valence-electron chi connectivity index (χ1n) is 3.83. The lowest BCUT2D eigenvalue weighted by atomic mass is 9.92. The van der Waals surface area contributed by atoms with Crippen molar-refractivity contribution in [1.82, 2.24) is 0 Å². The van der Waals surface area contributed by atoms with Crippen LogP contribution >= 0.6 is 0 Å². The van der Waals surface area contributed by atoms with Gasteiger partial charge in [0.25, 0.3) is 0 Å². The first-order chi connectivity index (χ1) is 5.20. The van der Waals surface area contributed by atoms with Gasteiger partial charge in [-0.15, -0.1) is 0 Å². The van der Waals surface area contributed by atoms with Crippen molar-refractivity contribution < 1.29 is 19.7 Å². The Morgan fingerprint density at radius 3 is 2.73 bits per heavy atom. The van der Waals surface area contributed by atoms with Crippen molar-refractivity contribution in [2.24, 2.45) is 5.92 Å². The Kier molecular flexibility index (Phi) is 1.64. The number of hydrogen-bond donors (Lipinski definition) is 2. The fourth-order valence-electron chi connectivity index (χ4n) is 1.59. The van der Waals surface area contributed by atoms with Gasteiger partial charge in [0.05, 0.1) is 12.7 Å². The van der Waals surface area contributed by atoms with Gasteiger partial charge in [0.1, 0.15) is 12.2 Å². The highest BCUT2D eigenvalue weighted by molar-refractivity contribution is 4.90. The van der Waals surface area contributed by atoms with E-state index in [1.54, 1.807) is 6.92 Å². The summed E-state index contributed by atoms with van der Waals surface area (Å²) in [6, 6.07) is 0. The van der Waals surface area contributed by atoms with Crippen molar-refractivity contribution in [3.05, 3.63) is 0 Å². The van der Waals surface area contributed by atoms with Crippen molar-refractivity contribution in [2.45, 2.75) is 31.5 Å². The monoisotopic (exact) mass is 160 g/mol. The number of fused-ring (bicyclic) bond motifs is 2. The van der Waals surface area contributed by atoms with Crippen LogP contribution in [0.25, 0.3) is 0 Å². The van der Waals surface area contributed by atoms with Gasteiger partial charge in [-0.05, 0) is 0 Å². The van der Waals surface area contributed by atoms with Crippen LogP contribution in [0.3, 0.4) is 0 Å². The summed E-state index contributed by atoms with van der Waals surface area (Å²) in [5.74, 6) is -0.152. The van der Waals surface area contributed by atoms with Crippen molar-refractivity contribution in [2.75, 3.05) is 6.61 Å². The Balaban J connectivity index is 2.16. The minimum atomic E-state index is -0.691. The molecule has 5 atom stereocenters. The molecule has 2 heterocycles. The molecule has 0 aromatic carbocycles. The molecule has 0 spiro atoms. The normalized spacial score (nSPS) is 56.5. The SMILES string of the molecule is CC1C(O)C2COC(O2)C1O. The summed E-state index contributed by atoms with van der Waals surface area (Å²) in [6.45, 7) is 2.19. The number of aliphatic hydroxyl groups is 2. The molecule has 0 amide bonds. The van der Waals surface area contributed by atoms with E-state index >= 15 is 0 Å². The van der Waals surface area contributed by atoms with Crippen LogP contribution in [-0.2, 0) is 9.47 Å². The van der Waals surface area contributed by atoms with Gasteiger partial charge < -0.3 is 19.7 Å². The molecule has 4 heteroatoms. The maximum atomic E-state index is 9.47. The molecule has 2 rings (SSSR count). The van der Waals surface area contributed by atoms with Crippen LogP contribution in [0.4, 0.5) is 0 Å². The van der Waals surface area contributed by atoms with Crippen LogP contribution in [0.15, 0.2) is 0 Å². The van der Waals surface area contributed by atoms with Gasteiger partial charge in [0.2, 0.25) is 0 Å². The first-order valence-corrected chi connectivity index (χ1v) is 3.83. The minimum absolute atomic E-state index is 0.152. The summed E-state index contributed by atoms with van der Waals surface area (Å²) in [4.78, 5) is 0. The molecule has 2 N–H and O–H groups in total. The fourth-order valence-corrected chi connectivity index (χ4v) is 1.59. The van der Waals surface area contributed by atoms with E-state index in [1.165, 1.54) is 0 Å². The van der Waals surface area contributed by atoms with Crippen LogP contribution in [-0.4, -0.2) is 41.4 Å². The highest BCUT2D eigenvalue weighted by atomic mass is 16.7. The molecule has 4 nitrogen and oxygen atoms in total. The van der Waals surface area contributed by atoms with Gasteiger partial charge in [-0.25, -0.2) is 0 Å². The van der Waals surface area contributed by atoms with Crippen molar-refractivity contribution in [3.63, 3.8) is 0 Å². The highest BCUT2D eigenvalue weighted by Gasteiger charge is 2.47. The number of hydrogen-bond acceptors (Lipinski definition) is 4. The lowest BCUT2D eigenvalue weighted by molar-refractivity contribution is -0.205. The second-order valence-corrected chi connectivity index (χ2v) is 3.22. The Morgan fingerprint density at radius 2 is 2.00 bits per heavy atom. The standard InChI is InChI=1S/C7H12O4/c1-3-5(8)4-2-10-7(11-4)6(3)9/h3-9H,2H2,1H3. The van der Waals surface area contributed by atoms with E-state index in [0.29, 0.717) is 6.61 Å². The predicted octanol–water partition coefficient (Wildman–Crippen LogP) is -0.901. The lowest BCUT2D eigenvalue weighted by Crippen LogP contribution is -2.48. The molecule has 0 aliphatic carbocycles. The van der Waals surface area contributed by atoms with Crippen molar-refractivity contribution in [1.29, 1.82) is 0 Å². The Labute approximate surface area is 64.7 Å². The molecule has 2 aliphatic rings. The topological polar surface area (TPSA) is 58.9 Å². The maximum absolute atomic E-state index is 9.47. The molecule has 5 unspecified atom stereocenters. The zero-order valence-electron chi connectivity index (χ0n) is 6.30. The van der Waals surface area contributed by atoms with Crippen LogP contribution in [0.5, 0.6) is 0 Å². The van der Waals surface area contributed by atoms with Crippen molar-refractivity contribution >= 4 is 0 Å². The molecule has 0 radical (unpaired) electrons. The van der Waals surface area contributed by atoms with Crippen LogP contribution in [0.2, 0.25) is 0 Å². The molecule has 0 aromatic heterocycles.